The molecule has 0 fully saturated rings. The highest BCUT2D eigenvalue weighted by atomic mass is 32.2. The molecular formula is C30H29N3O3S3. The fraction of sp³-hybridized carbons (Fsp3) is 0.233. The minimum atomic E-state index is -3.24. The average Bonchev–Trinajstić information content (AvgIpc) is 3.57. The monoisotopic (exact) mass is 575 g/mol. The lowest BCUT2D eigenvalue weighted by molar-refractivity contribution is 0.306. The van der Waals surface area contributed by atoms with Crippen LogP contribution in [0.1, 0.15) is 36.0 Å². The van der Waals surface area contributed by atoms with E-state index in [2.05, 4.69) is 63.0 Å². The predicted octanol–water partition coefficient (Wildman–Crippen LogP) is 7.29. The first-order valence-corrected chi connectivity index (χ1v) is 15.0. The molecule has 5 rings (SSSR count). The van der Waals surface area contributed by atoms with Crippen LogP contribution in [0.25, 0.3) is 21.2 Å². The lowest BCUT2D eigenvalue weighted by atomic mass is 9.94. The molecule has 1 aliphatic rings. The molecule has 4 aromatic rings. The van der Waals surface area contributed by atoms with Crippen LogP contribution in [-0.2, 0) is 16.4 Å². The van der Waals surface area contributed by atoms with Gasteiger partial charge in [0, 0.05) is 28.3 Å². The second-order valence-corrected chi connectivity index (χ2v) is 12.2. The number of rotatable bonds is 8. The maximum absolute atomic E-state index is 12.0. The molecule has 0 N–H and O–H groups in total. The number of hydrogen-bond donors (Lipinski definition) is 0. The summed E-state index contributed by atoms with van der Waals surface area (Å²) in [5.41, 5.74) is 6.19. The van der Waals surface area contributed by atoms with E-state index in [1.165, 1.54) is 11.0 Å². The van der Waals surface area contributed by atoms with Crippen molar-refractivity contribution in [3.05, 3.63) is 82.7 Å². The van der Waals surface area contributed by atoms with Gasteiger partial charge in [0.15, 0.2) is 9.84 Å². The molecule has 9 heteroatoms. The molecule has 3 aromatic carbocycles. The predicted molar refractivity (Wildman–Crippen MR) is 164 cm³/mol. The van der Waals surface area contributed by atoms with Gasteiger partial charge < -0.3 is 4.74 Å². The van der Waals surface area contributed by atoms with Crippen LogP contribution in [0.3, 0.4) is 0 Å². The highest BCUT2D eigenvalue weighted by Crippen LogP contribution is 2.37. The summed E-state index contributed by atoms with van der Waals surface area (Å²) in [6.45, 7) is 4.78. The van der Waals surface area contributed by atoms with Crippen LogP contribution in [0.4, 0.5) is 0 Å². The third kappa shape index (κ3) is 6.59. The van der Waals surface area contributed by atoms with Crippen LogP contribution in [0.5, 0.6) is 5.75 Å². The highest BCUT2D eigenvalue weighted by molar-refractivity contribution is 7.90. The zero-order valence-electron chi connectivity index (χ0n) is 21.9. The summed E-state index contributed by atoms with van der Waals surface area (Å²) >= 11 is 1.68. The van der Waals surface area contributed by atoms with Gasteiger partial charge in [0.25, 0.3) is 0 Å². The lowest BCUT2D eigenvalue weighted by Gasteiger charge is -2.12. The first-order valence-electron chi connectivity index (χ1n) is 12.2. The van der Waals surface area contributed by atoms with Crippen molar-refractivity contribution in [2.24, 2.45) is 15.4 Å². The number of ether oxygens (including phenoxy) is 1. The van der Waals surface area contributed by atoms with E-state index in [1.54, 1.807) is 23.5 Å². The Morgan fingerprint density at radius 1 is 1.05 bits per heavy atom. The van der Waals surface area contributed by atoms with E-state index in [9.17, 15) is 8.42 Å². The van der Waals surface area contributed by atoms with E-state index < -0.39 is 9.84 Å². The van der Waals surface area contributed by atoms with Gasteiger partial charge in [-0.25, -0.2) is 8.42 Å². The first-order chi connectivity index (χ1) is 18.3. The number of thiophene rings is 1. The first kappa shape index (κ1) is 28.6. The maximum atomic E-state index is 12.0. The summed E-state index contributed by atoms with van der Waals surface area (Å²) in [5, 5.41) is 15.0. The molecule has 2 heterocycles. The van der Waals surface area contributed by atoms with Crippen molar-refractivity contribution in [1.29, 1.82) is 0 Å². The Labute approximate surface area is 240 Å². The Morgan fingerprint density at radius 3 is 2.51 bits per heavy atom. The quantitative estimate of drug-likeness (QED) is 0.207. The molecule has 39 heavy (non-hydrogen) atoms. The fourth-order valence-electron chi connectivity index (χ4n) is 4.51. The van der Waals surface area contributed by atoms with E-state index in [-0.39, 0.29) is 19.4 Å². The van der Waals surface area contributed by atoms with Crippen LogP contribution in [0.15, 0.2) is 86.4 Å². The van der Waals surface area contributed by atoms with Gasteiger partial charge in [0.2, 0.25) is 0 Å². The standard InChI is InChI=1S/C30H27N3O3S2.H2S/c1-4-5-23(16-24-17-31-33-32-24)22-7-9-25(10-8-22)36-18-21-6-13-30-28(15-21)29(19-37-30)27-12-11-26(14-20(27)2)38(3,34)35;/h6-15,19,23H,16-18H2,1-3H3;1H2/t23-;/m0./s1. The molecule has 0 bridgehead atoms. The van der Waals surface area contributed by atoms with Crippen molar-refractivity contribution in [2.45, 2.75) is 37.7 Å². The van der Waals surface area contributed by atoms with Crippen LogP contribution in [0, 0.1) is 18.8 Å². The SMILES string of the molecule is CC#C[C@@H](CC1=NN=NC1)c1ccc(OCc2ccc3scc(-c4ccc(S(C)(=O)=O)cc4C)c3c2)cc1.S. The molecule has 6 nitrogen and oxygen atoms in total. The van der Waals surface area contributed by atoms with Gasteiger partial charge in [-0.2, -0.15) is 18.6 Å². The van der Waals surface area contributed by atoms with Crippen molar-refractivity contribution >= 4 is 50.5 Å². The molecule has 0 saturated heterocycles. The molecule has 0 radical (unpaired) electrons. The molecule has 0 saturated carbocycles. The molecule has 0 spiro atoms. The van der Waals surface area contributed by atoms with Gasteiger partial charge in [-0.05, 0) is 83.1 Å². The molecule has 1 aliphatic heterocycles. The summed E-state index contributed by atoms with van der Waals surface area (Å²) in [7, 11) is -3.24. The number of fused-ring (bicyclic) bond motifs is 1. The molecule has 0 amide bonds. The summed E-state index contributed by atoms with van der Waals surface area (Å²) in [6.07, 6.45) is 1.95. The van der Waals surface area contributed by atoms with Crippen molar-refractivity contribution < 1.29 is 13.2 Å². The van der Waals surface area contributed by atoms with E-state index in [4.69, 9.17) is 4.74 Å². The van der Waals surface area contributed by atoms with Gasteiger partial charge in [0.1, 0.15) is 18.9 Å². The largest absolute Gasteiger partial charge is 0.489 e. The number of sulfone groups is 1. The van der Waals surface area contributed by atoms with Crippen LogP contribution in [-0.4, -0.2) is 26.9 Å². The number of aryl methyl sites for hydroxylation is 1. The third-order valence-corrected chi connectivity index (χ3v) is 8.58. The third-order valence-electron chi connectivity index (χ3n) is 6.50. The topological polar surface area (TPSA) is 80.5 Å². The van der Waals surface area contributed by atoms with Crippen LogP contribution in [0.2, 0.25) is 0 Å². The molecule has 1 atom stereocenters. The molecule has 1 aromatic heterocycles. The van der Waals surface area contributed by atoms with Crippen molar-refractivity contribution in [1.82, 2.24) is 0 Å². The summed E-state index contributed by atoms with van der Waals surface area (Å²) in [4.78, 5) is 0.338. The summed E-state index contributed by atoms with van der Waals surface area (Å²) in [6, 6.07) is 19.7. The highest BCUT2D eigenvalue weighted by Gasteiger charge is 2.16. The van der Waals surface area contributed by atoms with Crippen molar-refractivity contribution in [3.63, 3.8) is 0 Å². The second-order valence-electron chi connectivity index (χ2n) is 9.29. The number of benzene rings is 3. The molecule has 0 unspecified atom stereocenters. The van der Waals surface area contributed by atoms with Crippen molar-refractivity contribution in [3.8, 4) is 28.7 Å². The Balaban J connectivity index is 0.00000353. The van der Waals surface area contributed by atoms with E-state index in [0.717, 1.165) is 44.7 Å². The molecule has 200 valence electrons. The molecular weight excluding hydrogens is 547 g/mol. The van der Waals surface area contributed by atoms with E-state index >= 15 is 0 Å². The Morgan fingerprint density at radius 2 is 1.85 bits per heavy atom. The van der Waals surface area contributed by atoms with Gasteiger partial charge in [0.05, 0.1) is 16.5 Å². The van der Waals surface area contributed by atoms with E-state index in [0.29, 0.717) is 24.5 Å². The van der Waals surface area contributed by atoms with Gasteiger partial charge in [-0.15, -0.1) is 22.4 Å². The zero-order valence-corrected chi connectivity index (χ0v) is 24.6. The lowest BCUT2D eigenvalue weighted by Crippen LogP contribution is -2.07. The summed E-state index contributed by atoms with van der Waals surface area (Å²) in [5.74, 6) is 7.12. The van der Waals surface area contributed by atoms with E-state index in [1.807, 2.05) is 32.0 Å². The normalized spacial score (nSPS) is 13.4. The van der Waals surface area contributed by atoms with Gasteiger partial charge in [-0.3, -0.25) is 0 Å². The average molecular weight is 576 g/mol. The van der Waals surface area contributed by atoms with Crippen LogP contribution < -0.4 is 4.74 Å². The zero-order chi connectivity index (χ0) is 26.7. The van der Waals surface area contributed by atoms with Crippen molar-refractivity contribution in [2.75, 3.05) is 12.8 Å². The Hall–Kier alpha value is -3.45. The number of nitrogens with zero attached hydrogens (tertiary/aromatic N) is 3. The maximum Gasteiger partial charge on any atom is 0.175 e. The minimum absolute atomic E-state index is 0. The smallest absolute Gasteiger partial charge is 0.175 e. The second kappa shape index (κ2) is 12.2. The molecule has 0 aliphatic carbocycles. The summed E-state index contributed by atoms with van der Waals surface area (Å²) < 4.78 is 31.2. The van der Waals surface area contributed by atoms with Crippen LogP contribution >= 0.6 is 24.8 Å². The minimum Gasteiger partial charge on any atom is -0.489 e. The Bertz CT molecular complexity index is 1730. The number of hydrogen-bond acceptors (Lipinski definition) is 7. The fourth-order valence-corrected chi connectivity index (χ4v) is 6.16. The van der Waals surface area contributed by atoms with Gasteiger partial charge >= 0.3 is 0 Å². The van der Waals surface area contributed by atoms with Gasteiger partial charge in [-0.1, -0.05) is 30.2 Å². The Kier molecular flexibility index (Phi) is 8.90.